The van der Waals surface area contributed by atoms with Crippen LogP contribution in [0.15, 0.2) is 12.2 Å². The molecule has 0 saturated heterocycles. The van der Waals surface area contributed by atoms with Crippen molar-refractivity contribution in [2.45, 2.75) is 66.3 Å². The number of rotatable bonds is 12. The normalized spacial score (nSPS) is 13.6. The van der Waals surface area contributed by atoms with Gasteiger partial charge in [-0.25, -0.2) is 0 Å². The van der Waals surface area contributed by atoms with Crippen LogP contribution < -0.4 is 16.0 Å². The average molecular weight is 425 g/mol. The first kappa shape index (κ1) is 27.3. The van der Waals surface area contributed by atoms with E-state index >= 15 is 0 Å². The van der Waals surface area contributed by atoms with E-state index < -0.39 is 11.9 Å². The van der Waals surface area contributed by atoms with Gasteiger partial charge in [-0.3, -0.25) is 28.9 Å². The highest BCUT2D eigenvalue weighted by atomic mass is 16.2. The first-order valence-corrected chi connectivity index (χ1v) is 10.6. The van der Waals surface area contributed by atoms with E-state index in [9.17, 15) is 24.0 Å². The molecule has 1 atom stereocenters. The number of imide groups is 1. The molecule has 0 aliphatic carbocycles. The Morgan fingerprint density at radius 3 is 2.07 bits per heavy atom. The Balaban J connectivity index is 0.00000407. The van der Waals surface area contributed by atoms with Gasteiger partial charge in [-0.15, -0.1) is 0 Å². The third-order valence-electron chi connectivity index (χ3n) is 4.25. The molecule has 0 aromatic heterocycles. The van der Waals surface area contributed by atoms with E-state index in [2.05, 4.69) is 16.0 Å². The molecule has 9 nitrogen and oxygen atoms in total. The maximum absolute atomic E-state index is 12.2. The van der Waals surface area contributed by atoms with Gasteiger partial charge in [0.25, 0.3) is 11.8 Å². The van der Waals surface area contributed by atoms with Gasteiger partial charge in [0.1, 0.15) is 6.04 Å². The van der Waals surface area contributed by atoms with Gasteiger partial charge in [0.2, 0.25) is 17.7 Å². The number of nitrogens with zero attached hydrogens (tertiary/aromatic N) is 1. The van der Waals surface area contributed by atoms with E-state index in [0.717, 1.165) is 0 Å². The summed E-state index contributed by atoms with van der Waals surface area (Å²) < 4.78 is 0. The van der Waals surface area contributed by atoms with Crippen LogP contribution in [0.5, 0.6) is 0 Å². The summed E-state index contributed by atoms with van der Waals surface area (Å²) in [5, 5.41) is 7.82. The van der Waals surface area contributed by atoms with Crippen molar-refractivity contribution in [1.29, 1.82) is 0 Å². The van der Waals surface area contributed by atoms with E-state index in [-0.39, 0.29) is 42.5 Å². The summed E-state index contributed by atoms with van der Waals surface area (Å²) in [6.07, 6.45) is 4.62. The fourth-order valence-corrected chi connectivity index (χ4v) is 2.70. The first-order chi connectivity index (χ1) is 14.3. The average Bonchev–Trinajstić information content (AvgIpc) is 3.03. The Bertz CT molecular complexity index is 613. The van der Waals surface area contributed by atoms with Crippen LogP contribution in [0, 0.1) is 5.92 Å². The number of carbonyl (C=O) groups is 5. The van der Waals surface area contributed by atoms with Crippen LogP contribution in [-0.2, 0) is 24.0 Å². The highest BCUT2D eigenvalue weighted by Crippen LogP contribution is 2.08. The second-order valence-corrected chi connectivity index (χ2v) is 6.93. The van der Waals surface area contributed by atoms with Gasteiger partial charge in [0.15, 0.2) is 0 Å². The van der Waals surface area contributed by atoms with Crippen molar-refractivity contribution in [1.82, 2.24) is 20.9 Å². The molecule has 1 unspecified atom stereocenters. The molecule has 0 radical (unpaired) electrons. The molecule has 0 fully saturated rings. The van der Waals surface area contributed by atoms with E-state index in [1.54, 1.807) is 6.92 Å². The molecule has 9 heteroatoms. The zero-order chi connectivity index (χ0) is 23.1. The number of amides is 5. The van der Waals surface area contributed by atoms with Crippen LogP contribution in [0.4, 0.5) is 0 Å². The Kier molecular flexibility index (Phi) is 13.8. The van der Waals surface area contributed by atoms with Crippen molar-refractivity contribution in [2.75, 3.05) is 19.6 Å². The lowest BCUT2D eigenvalue weighted by Crippen LogP contribution is -2.51. The Labute approximate surface area is 179 Å². The lowest BCUT2D eigenvalue weighted by Gasteiger charge is -2.21. The molecule has 0 aromatic carbocycles. The quantitative estimate of drug-likeness (QED) is 0.317. The van der Waals surface area contributed by atoms with Gasteiger partial charge in [0, 0.05) is 31.7 Å². The molecule has 0 saturated carbocycles. The molecule has 0 aromatic rings. The summed E-state index contributed by atoms with van der Waals surface area (Å²) in [5.41, 5.74) is 0. The van der Waals surface area contributed by atoms with Crippen molar-refractivity contribution in [3.05, 3.63) is 12.2 Å². The van der Waals surface area contributed by atoms with E-state index in [0.29, 0.717) is 32.4 Å². The third-order valence-corrected chi connectivity index (χ3v) is 4.25. The number of hydrogen-bond acceptors (Lipinski definition) is 5. The fraction of sp³-hybridized carbons (Fsp3) is 0.667. The van der Waals surface area contributed by atoms with Crippen LogP contribution in [0.25, 0.3) is 0 Å². The second-order valence-electron chi connectivity index (χ2n) is 6.93. The summed E-state index contributed by atoms with van der Waals surface area (Å²) in [6, 6.07) is -0.715. The number of likely N-dealkylation sites (N-methyl/N-ethyl adjacent to an activating group) is 1. The smallest absolute Gasteiger partial charge is 0.253 e. The molecule has 0 spiro atoms. The molecule has 1 heterocycles. The molecule has 3 N–H and O–H groups in total. The molecular weight excluding hydrogens is 388 g/mol. The van der Waals surface area contributed by atoms with Gasteiger partial charge in [-0.2, -0.15) is 0 Å². The minimum atomic E-state index is -0.715. The van der Waals surface area contributed by atoms with Gasteiger partial charge in [-0.05, 0) is 25.7 Å². The van der Waals surface area contributed by atoms with Crippen molar-refractivity contribution in [3.63, 3.8) is 0 Å². The lowest BCUT2D eigenvalue weighted by molar-refractivity contribution is -0.137. The maximum Gasteiger partial charge on any atom is 0.253 e. The molecular formula is C21H36N4O5. The van der Waals surface area contributed by atoms with Crippen LogP contribution in [0.3, 0.4) is 0 Å². The highest BCUT2D eigenvalue weighted by molar-refractivity contribution is 6.12. The lowest BCUT2D eigenvalue weighted by atomic mass is 10.0. The van der Waals surface area contributed by atoms with Gasteiger partial charge >= 0.3 is 0 Å². The number of hydrogen-bond donors (Lipinski definition) is 3. The molecule has 1 rings (SSSR count). The maximum atomic E-state index is 12.2. The topological polar surface area (TPSA) is 125 Å². The highest BCUT2D eigenvalue weighted by Gasteiger charge is 2.24. The minimum Gasteiger partial charge on any atom is -0.355 e. The standard InChI is InChI=1S/C19H30N4O5.C2H6/c1-4-20-15(25)12-21-19(28)18(13(2)3)22-14(24)8-6-5-7-11-23-16(26)9-10-17(23)27;1-2/h9-10,13,18H,4-8,11-12H2,1-3H3,(H,20,25)(H,21,28)(H,22,24);1-2H3. The van der Waals surface area contributed by atoms with Gasteiger partial charge in [-0.1, -0.05) is 34.1 Å². The predicted octanol–water partition coefficient (Wildman–Crippen LogP) is 0.891. The largest absolute Gasteiger partial charge is 0.355 e. The van der Waals surface area contributed by atoms with Crippen molar-refractivity contribution < 1.29 is 24.0 Å². The second kappa shape index (κ2) is 15.2. The first-order valence-electron chi connectivity index (χ1n) is 10.6. The molecule has 30 heavy (non-hydrogen) atoms. The predicted molar refractivity (Wildman–Crippen MR) is 114 cm³/mol. The Morgan fingerprint density at radius 1 is 0.933 bits per heavy atom. The summed E-state index contributed by atoms with van der Waals surface area (Å²) in [7, 11) is 0. The number of carbonyl (C=O) groups excluding carboxylic acids is 5. The molecule has 5 amide bonds. The molecule has 1 aliphatic rings. The summed E-state index contributed by atoms with van der Waals surface area (Å²) >= 11 is 0. The molecule has 0 bridgehead atoms. The summed E-state index contributed by atoms with van der Waals surface area (Å²) in [5.74, 6) is -1.66. The van der Waals surface area contributed by atoms with Crippen molar-refractivity contribution >= 4 is 29.5 Å². The Morgan fingerprint density at radius 2 is 1.53 bits per heavy atom. The molecule has 170 valence electrons. The van der Waals surface area contributed by atoms with Crippen molar-refractivity contribution in [2.24, 2.45) is 5.92 Å². The summed E-state index contributed by atoms with van der Waals surface area (Å²) in [6.45, 7) is 10.1. The molecule has 1 aliphatic heterocycles. The van der Waals surface area contributed by atoms with Gasteiger partial charge in [0.05, 0.1) is 6.54 Å². The van der Waals surface area contributed by atoms with Crippen LogP contribution in [0.2, 0.25) is 0 Å². The van der Waals surface area contributed by atoms with Crippen LogP contribution in [-0.4, -0.2) is 60.1 Å². The van der Waals surface area contributed by atoms with E-state index in [4.69, 9.17) is 0 Å². The zero-order valence-electron chi connectivity index (χ0n) is 18.7. The van der Waals surface area contributed by atoms with E-state index in [1.807, 2.05) is 27.7 Å². The van der Waals surface area contributed by atoms with Gasteiger partial charge < -0.3 is 16.0 Å². The van der Waals surface area contributed by atoms with Crippen molar-refractivity contribution in [3.8, 4) is 0 Å². The Hall–Kier alpha value is -2.71. The monoisotopic (exact) mass is 424 g/mol. The van der Waals surface area contributed by atoms with Crippen LogP contribution >= 0.6 is 0 Å². The SMILES string of the molecule is CC.CCNC(=O)CNC(=O)C(NC(=O)CCCCCN1C(=O)C=CC1=O)C(C)C. The zero-order valence-corrected chi connectivity index (χ0v) is 18.7. The van der Waals surface area contributed by atoms with E-state index in [1.165, 1.54) is 17.1 Å². The number of unbranched alkanes of at least 4 members (excludes halogenated alkanes) is 2. The summed E-state index contributed by atoms with van der Waals surface area (Å²) in [4.78, 5) is 59.8. The third kappa shape index (κ3) is 10.2. The van der Waals surface area contributed by atoms with Crippen LogP contribution in [0.1, 0.15) is 60.3 Å². The fourth-order valence-electron chi connectivity index (χ4n) is 2.70. The minimum absolute atomic E-state index is 0.127. The number of nitrogens with one attached hydrogen (secondary N) is 3.